The van der Waals surface area contributed by atoms with Crippen molar-refractivity contribution in [1.82, 2.24) is 4.98 Å². The zero-order chi connectivity index (χ0) is 12.3. The van der Waals surface area contributed by atoms with E-state index in [1.807, 2.05) is 12.1 Å². The molecular formula is C15H19NO. The fourth-order valence-corrected chi connectivity index (χ4v) is 2.17. The summed E-state index contributed by atoms with van der Waals surface area (Å²) in [5.74, 6) is 0.408. The Bertz CT molecular complexity index is 507. The van der Waals surface area contributed by atoms with Crippen molar-refractivity contribution in [3.05, 3.63) is 41.6 Å². The first-order valence-electron chi connectivity index (χ1n) is 6.19. The van der Waals surface area contributed by atoms with Crippen LogP contribution in [-0.2, 0) is 0 Å². The maximum Gasteiger partial charge on any atom is 0.0708 e. The third-order valence-electron chi connectivity index (χ3n) is 3.24. The predicted octanol–water partition coefficient (Wildman–Crippen LogP) is 3.42. The van der Waals surface area contributed by atoms with Gasteiger partial charge in [-0.15, -0.1) is 0 Å². The normalized spacial score (nSPS) is 12.9. The van der Waals surface area contributed by atoms with Gasteiger partial charge < -0.3 is 5.11 Å². The molecule has 0 fully saturated rings. The second-order valence-corrected chi connectivity index (χ2v) is 4.65. The largest absolute Gasteiger partial charge is 0.396 e. The predicted molar refractivity (Wildman–Crippen MR) is 71.2 cm³/mol. The Kier molecular flexibility index (Phi) is 3.75. The van der Waals surface area contributed by atoms with Gasteiger partial charge in [-0.2, -0.15) is 0 Å². The molecule has 0 saturated carbocycles. The molecule has 2 heteroatoms. The van der Waals surface area contributed by atoms with Crippen molar-refractivity contribution in [2.24, 2.45) is 0 Å². The number of pyridine rings is 1. The number of benzene rings is 1. The molecule has 1 atom stereocenters. The minimum atomic E-state index is 0.261. The van der Waals surface area contributed by atoms with Crippen molar-refractivity contribution in [2.75, 3.05) is 6.61 Å². The number of para-hydroxylation sites is 1. The van der Waals surface area contributed by atoms with Gasteiger partial charge in [-0.05, 0) is 43.4 Å². The van der Waals surface area contributed by atoms with E-state index in [1.165, 1.54) is 10.9 Å². The molecule has 1 heterocycles. The Morgan fingerprint density at radius 3 is 2.82 bits per heavy atom. The molecule has 1 aromatic carbocycles. The van der Waals surface area contributed by atoms with Crippen molar-refractivity contribution in [2.45, 2.75) is 32.6 Å². The highest BCUT2D eigenvalue weighted by Crippen LogP contribution is 2.24. The van der Waals surface area contributed by atoms with E-state index < -0.39 is 0 Å². The van der Waals surface area contributed by atoms with Gasteiger partial charge in [0.25, 0.3) is 0 Å². The van der Waals surface area contributed by atoms with Crippen LogP contribution in [0, 0.1) is 6.92 Å². The molecule has 1 unspecified atom stereocenters. The van der Waals surface area contributed by atoms with Crippen LogP contribution in [-0.4, -0.2) is 16.7 Å². The molecule has 2 rings (SSSR count). The van der Waals surface area contributed by atoms with E-state index in [1.54, 1.807) is 0 Å². The van der Waals surface area contributed by atoms with Crippen LogP contribution >= 0.6 is 0 Å². The fraction of sp³-hybridized carbons (Fsp3) is 0.400. The Morgan fingerprint density at radius 2 is 2.06 bits per heavy atom. The maximum absolute atomic E-state index is 8.87. The highest BCUT2D eigenvalue weighted by molar-refractivity contribution is 5.82. The van der Waals surface area contributed by atoms with Gasteiger partial charge in [-0.3, -0.25) is 4.98 Å². The second-order valence-electron chi connectivity index (χ2n) is 4.65. The minimum absolute atomic E-state index is 0.261. The average Bonchev–Trinajstić information content (AvgIpc) is 2.36. The molecule has 0 radical (unpaired) electrons. The third kappa shape index (κ3) is 2.64. The zero-order valence-corrected chi connectivity index (χ0v) is 10.5. The van der Waals surface area contributed by atoms with E-state index in [-0.39, 0.29) is 6.61 Å². The van der Waals surface area contributed by atoms with E-state index in [9.17, 15) is 0 Å². The number of hydrogen-bond acceptors (Lipinski definition) is 2. The first-order valence-corrected chi connectivity index (χ1v) is 6.19. The maximum atomic E-state index is 8.87. The molecule has 2 nitrogen and oxygen atoms in total. The van der Waals surface area contributed by atoms with Gasteiger partial charge in [0.1, 0.15) is 0 Å². The lowest BCUT2D eigenvalue weighted by Crippen LogP contribution is -2.00. The molecule has 0 saturated heterocycles. The monoisotopic (exact) mass is 229 g/mol. The summed E-state index contributed by atoms with van der Waals surface area (Å²) >= 11 is 0. The number of hydrogen-bond donors (Lipinski definition) is 1. The smallest absolute Gasteiger partial charge is 0.0708 e. The van der Waals surface area contributed by atoms with Crippen molar-refractivity contribution in [3.8, 4) is 0 Å². The third-order valence-corrected chi connectivity index (χ3v) is 3.24. The summed E-state index contributed by atoms with van der Waals surface area (Å²) in [6.45, 7) is 4.56. The Balaban J connectivity index is 2.36. The van der Waals surface area contributed by atoms with Crippen LogP contribution in [0.3, 0.4) is 0 Å². The number of aliphatic hydroxyl groups excluding tert-OH is 1. The van der Waals surface area contributed by atoms with Crippen LogP contribution in [0.2, 0.25) is 0 Å². The molecule has 0 aliphatic heterocycles. The molecule has 0 amide bonds. The molecule has 1 N–H and O–H groups in total. The SMILES string of the molecule is Cc1cc(C(C)CCCO)nc2ccccc12. The van der Waals surface area contributed by atoms with E-state index >= 15 is 0 Å². The molecule has 17 heavy (non-hydrogen) atoms. The number of rotatable bonds is 4. The number of aryl methyl sites for hydroxylation is 1. The molecule has 90 valence electrons. The van der Waals surface area contributed by atoms with Gasteiger partial charge in [-0.25, -0.2) is 0 Å². The Hall–Kier alpha value is -1.41. The van der Waals surface area contributed by atoms with E-state index in [4.69, 9.17) is 10.1 Å². The molecule has 0 aliphatic rings. The summed E-state index contributed by atoms with van der Waals surface area (Å²) < 4.78 is 0. The summed E-state index contributed by atoms with van der Waals surface area (Å²) in [6.07, 6.45) is 1.83. The molecule has 2 aromatic rings. The minimum Gasteiger partial charge on any atom is -0.396 e. The lowest BCUT2D eigenvalue weighted by atomic mass is 9.98. The summed E-state index contributed by atoms with van der Waals surface area (Å²) in [5.41, 5.74) is 3.48. The van der Waals surface area contributed by atoms with Crippen LogP contribution in [0.25, 0.3) is 10.9 Å². The topological polar surface area (TPSA) is 33.1 Å². The number of aliphatic hydroxyl groups is 1. The Morgan fingerprint density at radius 1 is 1.29 bits per heavy atom. The lowest BCUT2D eigenvalue weighted by Gasteiger charge is -2.12. The molecule has 0 spiro atoms. The summed E-state index contributed by atoms with van der Waals surface area (Å²) in [6, 6.07) is 10.4. The van der Waals surface area contributed by atoms with Crippen LogP contribution in [0.4, 0.5) is 0 Å². The summed E-state index contributed by atoms with van der Waals surface area (Å²) in [4.78, 5) is 4.71. The van der Waals surface area contributed by atoms with Crippen LogP contribution in [0.15, 0.2) is 30.3 Å². The van der Waals surface area contributed by atoms with Gasteiger partial charge >= 0.3 is 0 Å². The van der Waals surface area contributed by atoms with Gasteiger partial charge in [-0.1, -0.05) is 25.1 Å². The van der Waals surface area contributed by atoms with Gasteiger partial charge in [0, 0.05) is 17.7 Å². The van der Waals surface area contributed by atoms with Crippen molar-refractivity contribution < 1.29 is 5.11 Å². The zero-order valence-electron chi connectivity index (χ0n) is 10.5. The quantitative estimate of drug-likeness (QED) is 0.871. The lowest BCUT2D eigenvalue weighted by molar-refractivity contribution is 0.280. The number of nitrogens with zero attached hydrogens (tertiary/aromatic N) is 1. The van der Waals surface area contributed by atoms with Crippen LogP contribution < -0.4 is 0 Å². The molecule has 0 bridgehead atoms. The highest BCUT2D eigenvalue weighted by Gasteiger charge is 2.09. The van der Waals surface area contributed by atoms with E-state index in [2.05, 4.69) is 32.0 Å². The standard InChI is InChI=1S/C15H19NO/c1-11(6-5-9-17)15-10-12(2)13-7-3-4-8-14(13)16-15/h3-4,7-8,10-11,17H,5-6,9H2,1-2H3. The van der Waals surface area contributed by atoms with Gasteiger partial charge in [0.15, 0.2) is 0 Å². The average molecular weight is 229 g/mol. The van der Waals surface area contributed by atoms with Crippen molar-refractivity contribution in [3.63, 3.8) is 0 Å². The number of fused-ring (bicyclic) bond motifs is 1. The van der Waals surface area contributed by atoms with Gasteiger partial charge in [0.05, 0.1) is 5.52 Å². The second kappa shape index (κ2) is 5.28. The van der Waals surface area contributed by atoms with Crippen LogP contribution in [0.5, 0.6) is 0 Å². The van der Waals surface area contributed by atoms with Gasteiger partial charge in [0.2, 0.25) is 0 Å². The molecular weight excluding hydrogens is 210 g/mol. The Labute approximate surface area is 102 Å². The first kappa shape index (κ1) is 12.1. The molecule has 0 aliphatic carbocycles. The summed E-state index contributed by atoms with van der Waals surface area (Å²) in [5, 5.41) is 10.1. The highest BCUT2D eigenvalue weighted by atomic mass is 16.2. The molecule has 1 aromatic heterocycles. The fourth-order valence-electron chi connectivity index (χ4n) is 2.17. The van der Waals surface area contributed by atoms with E-state index in [0.29, 0.717) is 5.92 Å². The van der Waals surface area contributed by atoms with Crippen molar-refractivity contribution in [1.29, 1.82) is 0 Å². The van der Waals surface area contributed by atoms with E-state index in [0.717, 1.165) is 24.1 Å². The summed E-state index contributed by atoms with van der Waals surface area (Å²) in [7, 11) is 0. The first-order chi connectivity index (χ1) is 8.22. The number of aromatic nitrogens is 1. The van der Waals surface area contributed by atoms with Crippen LogP contribution in [0.1, 0.15) is 36.9 Å². The van der Waals surface area contributed by atoms with Crippen molar-refractivity contribution >= 4 is 10.9 Å².